The lowest BCUT2D eigenvalue weighted by atomic mass is 10.2. The normalized spacial score (nSPS) is 10.3. The highest BCUT2D eigenvalue weighted by Gasteiger charge is 2.10. The third-order valence-electron chi connectivity index (χ3n) is 2.53. The number of nitrogens with one attached hydrogen (secondary N) is 1. The molecule has 1 aromatic carbocycles. The summed E-state index contributed by atoms with van der Waals surface area (Å²) < 4.78 is 19.0. The number of anilines is 3. The molecular weight excluding hydrogens is 261 g/mol. The summed E-state index contributed by atoms with van der Waals surface area (Å²) >= 11 is 0. The number of nitrogen functional groups attached to an aromatic ring is 1. The van der Waals surface area contributed by atoms with Gasteiger partial charge in [0.1, 0.15) is 5.82 Å². The van der Waals surface area contributed by atoms with E-state index in [2.05, 4.69) is 20.3 Å². The van der Waals surface area contributed by atoms with E-state index < -0.39 is 0 Å². The number of aromatic nitrogens is 3. The fourth-order valence-electron chi connectivity index (χ4n) is 1.59. The van der Waals surface area contributed by atoms with Crippen molar-refractivity contribution in [2.75, 3.05) is 17.7 Å². The Hall–Kier alpha value is -2.44. The first kappa shape index (κ1) is 14.0. The quantitative estimate of drug-likeness (QED) is 0.873. The Morgan fingerprint density at radius 1 is 1.30 bits per heavy atom. The minimum Gasteiger partial charge on any atom is -0.463 e. The molecule has 0 fully saturated rings. The van der Waals surface area contributed by atoms with Crippen molar-refractivity contribution < 1.29 is 9.13 Å². The maximum Gasteiger partial charge on any atom is 0.323 e. The molecule has 0 aliphatic rings. The van der Waals surface area contributed by atoms with Gasteiger partial charge < -0.3 is 15.8 Å². The molecule has 0 saturated heterocycles. The van der Waals surface area contributed by atoms with E-state index in [0.29, 0.717) is 12.3 Å². The second-order valence-corrected chi connectivity index (χ2v) is 4.20. The van der Waals surface area contributed by atoms with Gasteiger partial charge in [0.2, 0.25) is 11.9 Å². The van der Waals surface area contributed by atoms with Crippen LogP contribution >= 0.6 is 0 Å². The van der Waals surface area contributed by atoms with Crippen molar-refractivity contribution in [1.82, 2.24) is 15.0 Å². The van der Waals surface area contributed by atoms with Gasteiger partial charge in [0.25, 0.3) is 0 Å². The minimum atomic E-state index is -0.389. The first-order valence-electron chi connectivity index (χ1n) is 6.26. The monoisotopic (exact) mass is 277 g/mol. The number of rotatable bonds is 5. The standard InChI is InChI=1S/C13H16FN5O/c1-3-7-20-13-18-11(15)17-12(19-13)16-10-8(2)5-4-6-9(10)14/h4-6H,3,7H2,1-2H3,(H3,15,16,17,18,19). The number of nitrogens with zero attached hydrogens (tertiary/aromatic N) is 3. The van der Waals surface area contributed by atoms with Gasteiger partial charge in [-0.1, -0.05) is 19.1 Å². The first-order valence-corrected chi connectivity index (χ1v) is 6.26. The van der Waals surface area contributed by atoms with Crippen LogP contribution in [0.2, 0.25) is 0 Å². The summed E-state index contributed by atoms with van der Waals surface area (Å²) in [6.07, 6.45) is 0.820. The Kier molecular flexibility index (Phi) is 4.29. The molecule has 1 aromatic heterocycles. The van der Waals surface area contributed by atoms with Gasteiger partial charge in [0.05, 0.1) is 12.3 Å². The largest absolute Gasteiger partial charge is 0.463 e. The number of nitrogens with two attached hydrogens (primary N) is 1. The van der Waals surface area contributed by atoms with Crippen LogP contribution in [0.15, 0.2) is 18.2 Å². The average molecular weight is 277 g/mol. The molecule has 0 bridgehead atoms. The van der Waals surface area contributed by atoms with Gasteiger partial charge in [-0.05, 0) is 25.0 Å². The van der Waals surface area contributed by atoms with Crippen LogP contribution in [0, 0.1) is 12.7 Å². The lowest BCUT2D eigenvalue weighted by Crippen LogP contribution is -2.08. The molecule has 20 heavy (non-hydrogen) atoms. The maximum absolute atomic E-state index is 13.7. The van der Waals surface area contributed by atoms with Crippen molar-refractivity contribution in [2.24, 2.45) is 0 Å². The van der Waals surface area contributed by atoms with Crippen LogP contribution in [0.4, 0.5) is 22.0 Å². The van der Waals surface area contributed by atoms with E-state index >= 15 is 0 Å². The number of halogens is 1. The molecule has 106 valence electrons. The van der Waals surface area contributed by atoms with Crippen LogP contribution in [-0.2, 0) is 0 Å². The lowest BCUT2D eigenvalue weighted by Gasteiger charge is -2.10. The molecule has 2 aromatic rings. The molecule has 0 aliphatic heterocycles. The molecule has 0 saturated carbocycles. The zero-order chi connectivity index (χ0) is 14.5. The molecule has 0 unspecified atom stereocenters. The van der Waals surface area contributed by atoms with Crippen LogP contribution in [0.5, 0.6) is 6.01 Å². The van der Waals surface area contributed by atoms with Crippen LogP contribution in [0.3, 0.4) is 0 Å². The molecule has 0 aliphatic carbocycles. The highest BCUT2D eigenvalue weighted by Crippen LogP contribution is 2.22. The second-order valence-electron chi connectivity index (χ2n) is 4.20. The maximum atomic E-state index is 13.7. The van der Waals surface area contributed by atoms with E-state index in [1.807, 2.05) is 6.92 Å². The van der Waals surface area contributed by atoms with Crippen molar-refractivity contribution in [3.63, 3.8) is 0 Å². The van der Waals surface area contributed by atoms with Gasteiger partial charge in [0, 0.05) is 0 Å². The fourth-order valence-corrected chi connectivity index (χ4v) is 1.59. The van der Waals surface area contributed by atoms with E-state index in [9.17, 15) is 4.39 Å². The van der Waals surface area contributed by atoms with Crippen molar-refractivity contribution >= 4 is 17.6 Å². The van der Waals surface area contributed by atoms with Crippen molar-refractivity contribution in [1.29, 1.82) is 0 Å². The summed E-state index contributed by atoms with van der Waals surface area (Å²) in [4.78, 5) is 11.8. The summed E-state index contributed by atoms with van der Waals surface area (Å²) in [5, 5.41) is 2.80. The molecule has 7 heteroatoms. The lowest BCUT2D eigenvalue weighted by molar-refractivity contribution is 0.292. The summed E-state index contributed by atoms with van der Waals surface area (Å²) in [6.45, 7) is 4.22. The summed E-state index contributed by atoms with van der Waals surface area (Å²) in [5.41, 5.74) is 6.63. The number of para-hydroxylation sites is 1. The van der Waals surface area contributed by atoms with Gasteiger partial charge in [-0.3, -0.25) is 0 Å². The molecule has 0 amide bonds. The van der Waals surface area contributed by atoms with Crippen LogP contribution < -0.4 is 15.8 Å². The predicted molar refractivity (Wildman–Crippen MR) is 74.4 cm³/mol. The third kappa shape index (κ3) is 3.31. The average Bonchev–Trinajstić information content (AvgIpc) is 2.40. The smallest absolute Gasteiger partial charge is 0.323 e. The highest BCUT2D eigenvalue weighted by molar-refractivity contribution is 5.59. The van der Waals surface area contributed by atoms with Gasteiger partial charge in [-0.25, -0.2) is 4.39 Å². The highest BCUT2D eigenvalue weighted by atomic mass is 19.1. The topological polar surface area (TPSA) is 86.0 Å². The van der Waals surface area contributed by atoms with E-state index in [4.69, 9.17) is 10.5 Å². The van der Waals surface area contributed by atoms with Crippen LogP contribution in [0.25, 0.3) is 0 Å². The van der Waals surface area contributed by atoms with Crippen molar-refractivity contribution in [3.8, 4) is 6.01 Å². The van der Waals surface area contributed by atoms with E-state index in [-0.39, 0.29) is 23.7 Å². The van der Waals surface area contributed by atoms with Crippen LogP contribution in [-0.4, -0.2) is 21.6 Å². The Bertz CT molecular complexity index is 585. The Labute approximate surface area is 116 Å². The fraction of sp³-hybridized carbons (Fsp3) is 0.308. The second kappa shape index (κ2) is 6.14. The Balaban J connectivity index is 2.27. The number of aryl methyl sites for hydroxylation is 1. The number of hydrogen-bond acceptors (Lipinski definition) is 6. The molecule has 0 atom stereocenters. The van der Waals surface area contributed by atoms with Gasteiger partial charge >= 0.3 is 6.01 Å². The van der Waals surface area contributed by atoms with E-state index in [1.165, 1.54) is 6.07 Å². The SMILES string of the molecule is CCCOc1nc(N)nc(Nc2c(C)cccc2F)n1. The van der Waals surface area contributed by atoms with Crippen LogP contribution in [0.1, 0.15) is 18.9 Å². The van der Waals surface area contributed by atoms with E-state index in [1.54, 1.807) is 19.1 Å². The van der Waals surface area contributed by atoms with Crippen molar-refractivity contribution in [3.05, 3.63) is 29.6 Å². The molecule has 6 nitrogen and oxygen atoms in total. The third-order valence-corrected chi connectivity index (χ3v) is 2.53. The summed E-state index contributed by atoms with van der Waals surface area (Å²) in [5.74, 6) is -0.223. The van der Waals surface area contributed by atoms with Gasteiger partial charge in [-0.15, -0.1) is 0 Å². The summed E-state index contributed by atoms with van der Waals surface area (Å²) in [7, 11) is 0. The van der Waals surface area contributed by atoms with Gasteiger partial charge in [-0.2, -0.15) is 15.0 Å². The zero-order valence-electron chi connectivity index (χ0n) is 11.4. The minimum absolute atomic E-state index is 0.0163. The summed E-state index contributed by atoms with van der Waals surface area (Å²) in [6, 6.07) is 4.89. The molecule has 1 heterocycles. The first-order chi connectivity index (χ1) is 9.60. The van der Waals surface area contributed by atoms with Gasteiger partial charge in [0.15, 0.2) is 0 Å². The number of benzene rings is 1. The Morgan fingerprint density at radius 3 is 2.80 bits per heavy atom. The molecule has 0 radical (unpaired) electrons. The Morgan fingerprint density at radius 2 is 2.10 bits per heavy atom. The number of hydrogen-bond donors (Lipinski definition) is 2. The number of ether oxygens (including phenoxy) is 1. The molecule has 2 rings (SSSR count). The predicted octanol–water partition coefficient (Wildman–Crippen LogP) is 2.43. The molecule has 0 spiro atoms. The molecule has 3 N–H and O–H groups in total. The molecular formula is C13H16FN5O. The van der Waals surface area contributed by atoms with Crippen molar-refractivity contribution in [2.45, 2.75) is 20.3 Å². The zero-order valence-corrected chi connectivity index (χ0v) is 11.4. The van der Waals surface area contributed by atoms with E-state index in [0.717, 1.165) is 12.0 Å².